The van der Waals surface area contributed by atoms with Gasteiger partial charge in [-0.05, 0) is 38.1 Å². The molecule has 0 aliphatic carbocycles. The predicted molar refractivity (Wildman–Crippen MR) is 92.2 cm³/mol. The Hall–Kier alpha value is -1.64. The lowest BCUT2D eigenvalue weighted by molar-refractivity contribution is -0.122. The Bertz CT molecular complexity index is 674. The van der Waals surface area contributed by atoms with Crippen molar-refractivity contribution in [3.8, 4) is 0 Å². The van der Waals surface area contributed by atoms with E-state index >= 15 is 0 Å². The molecule has 134 valence electrons. The lowest BCUT2D eigenvalue weighted by atomic mass is 10.3. The standard InChI is InChI=1S/C15H22ClN3O4S/c1-11(2)18-14(20)8-9-17-15(21)10-19(3)24(22,23)13-6-4-12(16)5-7-13/h4-7,11H,8-10H2,1-3H3,(H,17,21)(H,18,20). The van der Waals surface area contributed by atoms with Gasteiger partial charge in [-0.15, -0.1) is 0 Å². The summed E-state index contributed by atoms with van der Waals surface area (Å²) in [6.07, 6.45) is 0.136. The predicted octanol–water partition coefficient (Wildman–Crippen LogP) is 0.991. The summed E-state index contributed by atoms with van der Waals surface area (Å²) >= 11 is 5.73. The fourth-order valence-electron chi connectivity index (χ4n) is 1.84. The molecule has 0 bridgehead atoms. The van der Waals surface area contributed by atoms with Gasteiger partial charge in [-0.25, -0.2) is 8.42 Å². The summed E-state index contributed by atoms with van der Waals surface area (Å²) in [5.74, 6) is -0.653. The molecule has 24 heavy (non-hydrogen) atoms. The highest BCUT2D eigenvalue weighted by Gasteiger charge is 2.22. The van der Waals surface area contributed by atoms with Crippen molar-refractivity contribution in [3.05, 3.63) is 29.3 Å². The number of sulfonamides is 1. The molecule has 0 aliphatic heterocycles. The maximum atomic E-state index is 12.3. The molecule has 0 spiro atoms. The molecule has 9 heteroatoms. The quantitative estimate of drug-likeness (QED) is 0.708. The average molecular weight is 376 g/mol. The summed E-state index contributed by atoms with van der Waals surface area (Å²) in [7, 11) is -2.46. The summed E-state index contributed by atoms with van der Waals surface area (Å²) in [5.41, 5.74) is 0. The molecule has 0 unspecified atom stereocenters. The van der Waals surface area contributed by atoms with Crippen LogP contribution in [-0.2, 0) is 19.6 Å². The maximum Gasteiger partial charge on any atom is 0.243 e. The van der Waals surface area contributed by atoms with Gasteiger partial charge in [-0.3, -0.25) is 9.59 Å². The van der Waals surface area contributed by atoms with Crippen LogP contribution in [0.15, 0.2) is 29.2 Å². The molecule has 7 nitrogen and oxygen atoms in total. The second-order valence-electron chi connectivity index (χ2n) is 5.54. The fourth-order valence-corrected chi connectivity index (χ4v) is 3.09. The number of nitrogens with one attached hydrogen (secondary N) is 2. The zero-order valence-corrected chi connectivity index (χ0v) is 15.4. The lowest BCUT2D eigenvalue weighted by Gasteiger charge is -2.17. The molecule has 1 rings (SSSR count). The Kier molecular flexibility index (Phi) is 7.65. The molecule has 0 fully saturated rings. The topological polar surface area (TPSA) is 95.6 Å². The lowest BCUT2D eigenvalue weighted by Crippen LogP contribution is -2.40. The van der Waals surface area contributed by atoms with Crippen LogP contribution in [0.1, 0.15) is 20.3 Å². The highest BCUT2D eigenvalue weighted by atomic mass is 35.5. The van der Waals surface area contributed by atoms with Crippen molar-refractivity contribution < 1.29 is 18.0 Å². The Morgan fingerprint density at radius 3 is 2.29 bits per heavy atom. The maximum absolute atomic E-state index is 12.3. The van der Waals surface area contributed by atoms with Crippen LogP contribution >= 0.6 is 11.6 Å². The van der Waals surface area contributed by atoms with Gasteiger partial charge in [0.25, 0.3) is 0 Å². The van der Waals surface area contributed by atoms with Crippen molar-refractivity contribution in [2.24, 2.45) is 0 Å². The smallest absolute Gasteiger partial charge is 0.243 e. The molecule has 0 radical (unpaired) electrons. The Labute approximate surface area is 147 Å². The van der Waals surface area contributed by atoms with E-state index < -0.39 is 15.9 Å². The fraction of sp³-hybridized carbons (Fsp3) is 0.467. The summed E-state index contributed by atoms with van der Waals surface area (Å²) in [6.45, 7) is 3.49. The molecule has 0 saturated carbocycles. The van der Waals surface area contributed by atoms with Gasteiger partial charge in [0.1, 0.15) is 0 Å². The normalized spacial score (nSPS) is 11.6. The van der Waals surface area contributed by atoms with E-state index in [2.05, 4.69) is 10.6 Å². The molecular weight excluding hydrogens is 354 g/mol. The number of hydrogen-bond donors (Lipinski definition) is 2. The molecule has 0 saturated heterocycles. The molecule has 0 atom stereocenters. The van der Waals surface area contributed by atoms with Crippen molar-refractivity contribution in [3.63, 3.8) is 0 Å². The van der Waals surface area contributed by atoms with Gasteiger partial charge in [-0.2, -0.15) is 4.31 Å². The molecular formula is C15H22ClN3O4S. The molecule has 1 aromatic carbocycles. The highest BCUT2D eigenvalue weighted by Crippen LogP contribution is 2.17. The third-order valence-electron chi connectivity index (χ3n) is 3.01. The summed E-state index contributed by atoms with van der Waals surface area (Å²) in [4.78, 5) is 23.3. The summed E-state index contributed by atoms with van der Waals surface area (Å²) < 4.78 is 25.6. The first-order chi connectivity index (χ1) is 11.1. The zero-order valence-electron chi connectivity index (χ0n) is 13.9. The van der Waals surface area contributed by atoms with Crippen LogP contribution in [0.2, 0.25) is 5.02 Å². The van der Waals surface area contributed by atoms with Gasteiger partial charge in [0.2, 0.25) is 21.8 Å². The number of benzene rings is 1. The van der Waals surface area contributed by atoms with Gasteiger partial charge >= 0.3 is 0 Å². The minimum absolute atomic E-state index is 0.0313. The van der Waals surface area contributed by atoms with Crippen molar-refractivity contribution >= 4 is 33.4 Å². The Balaban J connectivity index is 2.51. The molecule has 1 aromatic rings. The van der Waals surface area contributed by atoms with Crippen LogP contribution in [0.3, 0.4) is 0 Å². The third kappa shape index (κ3) is 6.46. The monoisotopic (exact) mass is 375 g/mol. The third-order valence-corrected chi connectivity index (χ3v) is 5.08. The number of amides is 2. The average Bonchev–Trinajstić information content (AvgIpc) is 2.46. The Morgan fingerprint density at radius 1 is 1.17 bits per heavy atom. The second-order valence-corrected chi connectivity index (χ2v) is 8.02. The van der Waals surface area contributed by atoms with Crippen molar-refractivity contribution in [1.82, 2.24) is 14.9 Å². The largest absolute Gasteiger partial charge is 0.354 e. The molecule has 0 heterocycles. The highest BCUT2D eigenvalue weighted by molar-refractivity contribution is 7.89. The van der Waals surface area contributed by atoms with Crippen LogP contribution in [0.4, 0.5) is 0 Å². The summed E-state index contributed by atoms with van der Waals surface area (Å²) in [5, 5.41) is 5.65. The van der Waals surface area contributed by atoms with Crippen LogP contribution in [-0.4, -0.2) is 50.7 Å². The van der Waals surface area contributed by atoms with Crippen LogP contribution in [0, 0.1) is 0 Å². The molecule has 2 N–H and O–H groups in total. The van der Waals surface area contributed by atoms with Gasteiger partial charge in [-0.1, -0.05) is 11.6 Å². The first-order valence-electron chi connectivity index (χ1n) is 7.41. The van der Waals surface area contributed by atoms with E-state index in [0.29, 0.717) is 5.02 Å². The van der Waals surface area contributed by atoms with E-state index in [1.807, 2.05) is 13.8 Å². The van der Waals surface area contributed by atoms with E-state index in [-0.39, 0.29) is 36.4 Å². The molecule has 0 aliphatic rings. The van der Waals surface area contributed by atoms with Crippen LogP contribution in [0.25, 0.3) is 0 Å². The second kappa shape index (κ2) is 9.00. The van der Waals surface area contributed by atoms with E-state index in [1.54, 1.807) is 0 Å². The zero-order chi connectivity index (χ0) is 18.3. The van der Waals surface area contributed by atoms with Gasteiger partial charge in [0.05, 0.1) is 11.4 Å². The minimum Gasteiger partial charge on any atom is -0.354 e. The van der Waals surface area contributed by atoms with Gasteiger partial charge < -0.3 is 10.6 Å². The van der Waals surface area contributed by atoms with Crippen LogP contribution in [0.5, 0.6) is 0 Å². The molecule has 0 aromatic heterocycles. The van der Waals surface area contributed by atoms with E-state index in [4.69, 9.17) is 11.6 Å². The number of hydrogen-bond acceptors (Lipinski definition) is 4. The Morgan fingerprint density at radius 2 is 1.75 bits per heavy atom. The van der Waals surface area contributed by atoms with E-state index in [9.17, 15) is 18.0 Å². The van der Waals surface area contributed by atoms with E-state index in [1.165, 1.54) is 31.3 Å². The molecule has 2 amide bonds. The number of rotatable bonds is 8. The van der Waals surface area contributed by atoms with Crippen molar-refractivity contribution in [2.45, 2.75) is 31.2 Å². The van der Waals surface area contributed by atoms with E-state index in [0.717, 1.165) is 4.31 Å². The SMILES string of the molecule is CC(C)NC(=O)CCNC(=O)CN(C)S(=O)(=O)c1ccc(Cl)cc1. The van der Waals surface area contributed by atoms with Gasteiger partial charge in [0, 0.05) is 31.1 Å². The minimum atomic E-state index is -3.77. The van der Waals surface area contributed by atoms with Gasteiger partial charge in [0.15, 0.2) is 0 Å². The number of likely N-dealkylation sites (N-methyl/N-ethyl adjacent to an activating group) is 1. The number of carbonyl (C=O) groups excluding carboxylic acids is 2. The van der Waals surface area contributed by atoms with Crippen LogP contribution < -0.4 is 10.6 Å². The summed E-state index contributed by atoms with van der Waals surface area (Å²) in [6, 6.07) is 5.72. The van der Waals surface area contributed by atoms with Crippen molar-refractivity contribution in [1.29, 1.82) is 0 Å². The number of halogens is 1. The first kappa shape index (κ1) is 20.4. The van der Waals surface area contributed by atoms with Crippen molar-refractivity contribution in [2.75, 3.05) is 20.1 Å². The number of nitrogens with zero attached hydrogens (tertiary/aromatic N) is 1. The number of carbonyl (C=O) groups is 2. The first-order valence-corrected chi connectivity index (χ1v) is 9.22.